The molecule has 0 fully saturated rings. The van der Waals surface area contributed by atoms with Gasteiger partial charge in [0.2, 0.25) is 5.91 Å². The van der Waals surface area contributed by atoms with Gasteiger partial charge in [-0.25, -0.2) is 9.37 Å². The van der Waals surface area contributed by atoms with Crippen LogP contribution in [0.3, 0.4) is 0 Å². The molecule has 1 amide bonds. The summed E-state index contributed by atoms with van der Waals surface area (Å²) in [6.07, 6.45) is 3.15. The second kappa shape index (κ2) is 7.85. The molecular weight excluding hydrogens is 335 g/mol. The van der Waals surface area contributed by atoms with E-state index in [4.69, 9.17) is 0 Å². The van der Waals surface area contributed by atoms with Crippen LogP contribution in [-0.2, 0) is 4.79 Å². The van der Waals surface area contributed by atoms with Crippen molar-refractivity contribution in [2.24, 2.45) is 0 Å². The number of benzene rings is 2. The molecule has 25 heavy (non-hydrogen) atoms. The lowest BCUT2D eigenvalue weighted by Crippen LogP contribution is -2.24. The summed E-state index contributed by atoms with van der Waals surface area (Å²) in [5.74, 6) is -0.447. The highest BCUT2D eigenvalue weighted by Gasteiger charge is 2.07. The summed E-state index contributed by atoms with van der Waals surface area (Å²) in [6, 6.07) is 15.9. The van der Waals surface area contributed by atoms with Crippen molar-refractivity contribution in [1.29, 1.82) is 0 Å². The molecule has 2 aromatic carbocycles. The van der Waals surface area contributed by atoms with Crippen LogP contribution < -0.4 is 5.32 Å². The third-order valence-corrected chi connectivity index (χ3v) is 4.59. The monoisotopic (exact) mass is 352 g/mol. The van der Waals surface area contributed by atoms with Crippen molar-refractivity contribution in [3.63, 3.8) is 0 Å². The Balaban J connectivity index is 1.62. The van der Waals surface area contributed by atoms with Gasteiger partial charge in [0, 0.05) is 17.0 Å². The molecule has 1 heterocycles. The Morgan fingerprint density at radius 3 is 2.60 bits per heavy atom. The highest BCUT2D eigenvalue weighted by molar-refractivity contribution is 7.13. The molecule has 0 saturated heterocycles. The highest BCUT2D eigenvalue weighted by atomic mass is 32.1. The highest BCUT2D eigenvalue weighted by Crippen LogP contribution is 2.24. The van der Waals surface area contributed by atoms with Crippen molar-refractivity contribution < 1.29 is 9.18 Å². The molecule has 1 N–H and O–H groups in total. The number of hydrogen-bond donors (Lipinski definition) is 1. The van der Waals surface area contributed by atoms with Gasteiger partial charge in [0.25, 0.3) is 0 Å². The van der Waals surface area contributed by atoms with Gasteiger partial charge in [-0.3, -0.25) is 4.79 Å². The molecule has 0 saturated carbocycles. The average Bonchev–Trinajstić information content (AvgIpc) is 3.10. The van der Waals surface area contributed by atoms with Gasteiger partial charge in [-0.2, -0.15) is 0 Å². The van der Waals surface area contributed by atoms with Crippen LogP contribution in [0.1, 0.15) is 24.2 Å². The van der Waals surface area contributed by atoms with Crippen LogP contribution in [0.5, 0.6) is 0 Å². The summed E-state index contributed by atoms with van der Waals surface area (Å²) in [5.41, 5.74) is 2.61. The van der Waals surface area contributed by atoms with Gasteiger partial charge in [-0.15, -0.1) is 11.3 Å². The Morgan fingerprint density at radius 1 is 1.16 bits per heavy atom. The normalized spacial score (nSPS) is 12.2. The molecule has 126 valence electrons. The summed E-state index contributed by atoms with van der Waals surface area (Å²) in [6.45, 7) is 1.94. The maximum Gasteiger partial charge on any atom is 0.244 e. The van der Waals surface area contributed by atoms with Crippen molar-refractivity contribution in [2.45, 2.75) is 13.0 Å². The first-order chi connectivity index (χ1) is 12.1. The second-order valence-electron chi connectivity index (χ2n) is 5.56. The van der Waals surface area contributed by atoms with Crippen LogP contribution in [0.25, 0.3) is 16.6 Å². The number of halogens is 1. The number of carbonyl (C=O) groups excluding carboxylic acids is 1. The smallest absolute Gasteiger partial charge is 0.244 e. The first-order valence-corrected chi connectivity index (χ1v) is 8.75. The van der Waals surface area contributed by atoms with Crippen molar-refractivity contribution in [2.75, 3.05) is 0 Å². The van der Waals surface area contributed by atoms with E-state index in [2.05, 4.69) is 10.3 Å². The predicted molar refractivity (Wildman–Crippen MR) is 99.5 cm³/mol. The SMILES string of the molecule is CC(NC(=O)C=Cc1csc(-c2ccc(F)cc2)n1)c1ccccc1. The summed E-state index contributed by atoms with van der Waals surface area (Å²) >= 11 is 1.45. The zero-order chi connectivity index (χ0) is 17.6. The quantitative estimate of drug-likeness (QED) is 0.668. The number of carbonyl (C=O) groups is 1. The standard InChI is InChI=1S/C20H17FN2OS/c1-14(15-5-3-2-4-6-15)22-19(24)12-11-18-13-25-20(23-18)16-7-9-17(21)10-8-16/h2-14H,1H3,(H,22,24). The van der Waals surface area contributed by atoms with Crippen molar-refractivity contribution in [3.8, 4) is 10.6 Å². The summed E-state index contributed by atoms with van der Waals surface area (Å²) < 4.78 is 13.0. The molecule has 3 rings (SSSR count). The summed E-state index contributed by atoms with van der Waals surface area (Å²) in [5, 5.41) is 5.57. The first-order valence-electron chi connectivity index (χ1n) is 7.87. The van der Waals surface area contributed by atoms with E-state index in [1.807, 2.05) is 42.6 Å². The van der Waals surface area contributed by atoms with Crippen molar-refractivity contribution in [3.05, 3.63) is 83.1 Å². The largest absolute Gasteiger partial charge is 0.346 e. The van der Waals surface area contributed by atoms with Gasteiger partial charge in [0.15, 0.2) is 0 Å². The average molecular weight is 352 g/mol. The fourth-order valence-electron chi connectivity index (χ4n) is 2.34. The fourth-order valence-corrected chi connectivity index (χ4v) is 3.13. The number of nitrogens with one attached hydrogen (secondary N) is 1. The molecule has 1 unspecified atom stereocenters. The summed E-state index contributed by atoms with van der Waals surface area (Å²) in [4.78, 5) is 16.5. The predicted octanol–water partition coefficient (Wildman–Crippen LogP) is 4.84. The summed E-state index contributed by atoms with van der Waals surface area (Å²) in [7, 11) is 0. The molecule has 0 bridgehead atoms. The number of hydrogen-bond acceptors (Lipinski definition) is 3. The van der Waals surface area contributed by atoms with E-state index in [9.17, 15) is 9.18 Å². The molecule has 0 radical (unpaired) electrons. The van der Waals surface area contributed by atoms with Crippen LogP contribution in [0.15, 0.2) is 66.1 Å². The zero-order valence-corrected chi connectivity index (χ0v) is 14.5. The van der Waals surface area contributed by atoms with Crippen molar-refractivity contribution >= 4 is 23.3 Å². The Kier molecular flexibility index (Phi) is 5.36. The Hall–Kier alpha value is -2.79. The van der Waals surface area contributed by atoms with Gasteiger partial charge < -0.3 is 5.32 Å². The van der Waals surface area contributed by atoms with E-state index < -0.39 is 0 Å². The lowest BCUT2D eigenvalue weighted by molar-refractivity contribution is -0.117. The number of thiazole rings is 1. The Bertz CT molecular complexity index is 872. The minimum atomic E-state index is -0.273. The van der Waals surface area contributed by atoms with Crippen LogP contribution >= 0.6 is 11.3 Å². The van der Waals surface area contributed by atoms with Crippen LogP contribution in [0.4, 0.5) is 4.39 Å². The van der Waals surface area contributed by atoms with Crippen LogP contribution in [0.2, 0.25) is 0 Å². The second-order valence-corrected chi connectivity index (χ2v) is 6.42. The first kappa shape index (κ1) is 17.0. The zero-order valence-electron chi connectivity index (χ0n) is 13.6. The molecule has 0 aliphatic carbocycles. The Labute approximate surface area is 149 Å². The minimum Gasteiger partial charge on any atom is -0.346 e. The fraction of sp³-hybridized carbons (Fsp3) is 0.100. The minimum absolute atomic E-state index is 0.0661. The van der Waals surface area contributed by atoms with E-state index in [1.165, 1.54) is 29.5 Å². The molecule has 3 nitrogen and oxygen atoms in total. The third kappa shape index (κ3) is 4.61. The molecule has 5 heteroatoms. The molecule has 3 aromatic rings. The lowest BCUT2D eigenvalue weighted by Gasteiger charge is -2.12. The maximum atomic E-state index is 13.0. The molecule has 1 atom stereocenters. The lowest BCUT2D eigenvalue weighted by atomic mass is 10.1. The van der Waals surface area contributed by atoms with Crippen LogP contribution in [0, 0.1) is 5.82 Å². The third-order valence-electron chi connectivity index (χ3n) is 3.68. The van der Waals surface area contributed by atoms with E-state index in [1.54, 1.807) is 18.2 Å². The van der Waals surface area contributed by atoms with E-state index in [0.29, 0.717) is 5.69 Å². The van der Waals surface area contributed by atoms with Crippen molar-refractivity contribution in [1.82, 2.24) is 10.3 Å². The number of rotatable bonds is 5. The van der Waals surface area contributed by atoms with Gasteiger partial charge >= 0.3 is 0 Å². The number of amides is 1. The molecule has 1 aromatic heterocycles. The van der Waals surface area contributed by atoms with E-state index in [-0.39, 0.29) is 17.8 Å². The van der Waals surface area contributed by atoms with Gasteiger partial charge in [-0.1, -0.05) is 30.3 Å². The topological polar surface area (TPSA) is 42.0 Å². The van der Waals surface area contributed by atoms with Gasteiger partial charge in [0.1, 0.15) is 10.8 Å². The molecular formula is C20H17FN2OS. The number of nitrogens with zero attached hydrogens (tertiary/aromatic N) is 1. The van der Waals surface area contributed by atoms with E-state index >= 15 is 0 Å². The molecule has 0 aliphatic rings. The maximum absolute atomic E-state index is 13.0. The van der Waals surface area contributed by atoms with Gasteiger partial charge in [0.05, 0.1) is 11.7 Å². The number of aromatic nitrogens is 1. The molecule has 0 aliphatic heterocycles. The molecule has 0 spiro atoms. The Morgan fingerprint density at radius 2 is 1.88 bits per heavy atom. The van der Waals surface area contributed by atoms with E-state index in [0.717, 1.165) is 16.1 Å². The van der Waals surface area contributed by atoms with Crippen LogP contribution in [-0.4, -0.2) is 10.9 Å². The van der Waals surface area contributed by atoms with Gasteiger partial charge in [-0.05, 0) is 42.8 Å².